The molecule has 1 aromatic carbocycles. The molecule has 0 aliphatic carbocycles. The highest BCUT2D eigenvalue weighted by molar-refractivity contribution is 5.83. The number of benzene rings is 1. The Balaban J connectivity index is 2.97. The van der Waals surface area contributed by atoms with Crippen molar-refractivity contribution < 1.29 is 5.11 Å². The van der Waals surface area contributed by atoms with E-state index in [1.165, 1.54) is 6.07 Å². The highest BCUT2D eigenvalue weighted by Gasteiger charge is 2.01. The molecule has 0 spiro atoms. The number of hydrogen-bond acceptors (Lipinski definition) is 2. The first-order valence-electron chi connectivity index (χ1n) is 4.00. The third kappa shape index (κ3) is 1.18. The van der Waals surface area contributed by atoms with Crippen molar-refractivity contribution in [1.29, 1.82) is 0 Å². The summed E-state index contributed by atoms with van der Waals surface area (Å²) in [5.41, 5.74) is 1.25. The number of H-pyrrole nitrogens is 1. The maximum Gasteiger partial charge on any atom is 0.248 e. The number of phenolic OH excluding ortho intramolecular Hbond substituents is 1. The number of fused-ring (bicyclic) bond motifs is 1. The van der Waals surface area contributed by atoms with Crippen LogP contribution in [0, 0.1) is 6.92 Å². The Morgan fingerprint density at radius 3 is 2.69 bits per heavy atom. The van der Waals surface area contributed by atoms with Crippen molar-refractivity contribution in [2.24, 2.45) is 0 Å². The number of pyridine rings is 1. The van der Waals surface area contributed by atoms with Crippen LogP contribution in [0.25, 0.3) is 10.9 Å². The van der Waals surface area contributed by atoms with Crippen LogP contribution < -0.4 is 5.56 Å². The first-order valence-corrected chi connectivity index (χ1v) is 4.00. The zero-order chi connectivity index (χ0) is 9.42. The van der Waals surface area contributed by atoms with E-state index in [2.05, 4.69) is 4.98 Å². The summed E-state index contributed by atoms with van der Waals surface area (Å²) in [5.74, 6) is 0.203. The van der Waals surface area contributed by atoms with Crippen LogP contribution in [0.3, 0.4) is 0 Å². The minimum atomic E-state index is -0.152. The highest BCUT2D eigenvalue weighted by atomic mass is 16.3. The second kappa shape index (κ2) is 2.62. The number of nitrogens with one attached hydrogen (secondary N) is 1. The van der Waals surface area contributed by atoms with Crippen LogP contribution in [-0.2, 0) is 0 Å². The molecular formula is C10H9NO2. The van der Waals surface area contributed by atoms with Gasteiger partial charge >= 0.3 is 0 Å². The van der Waals surface area contributed by atoms with Crippen LogP contribution in [-0.4, -0.2) is 10.1 Å². The summed E-state index contributed by atoms with van der Waals surface area (Å²) in [6.07, 6.45) is 0. The van der Waals surface area contributed by atoms with Gasteiger partial charge in [-0.1, -0.05) is 0 Å². The van der Waals surface area contributed by atoms with Crippen LogP contribution >= 0.6 is 0 Å². The van der Waals surface area contributed by atoms with Gasteiger partial charge in [0.05, 0.1) is 5.52 Å². The lowest BCUT2D eigenvalue weighted by Gasteiger charge is -2.02. The largest absolute Gasteiger partial charge is 0.508 e. The Labute approximate surface area is 74.7 Å². The van der Waals surface area contributed by atoms with E-state index in [0.717, 1.165) is 5.39 Å². The summed E-state index contributed by atoms with van der Waals surface area (Å²) in [4.78, 5) is 13.7. The molecule has 0 unspecified atom stereocenters. The van der Waals surface area contributed by atoms with Crippen molar-refractivity contribution in [3.05, 3.63) is 40.2 Å². The number of hydrogen-bond donors (Lipinski definition) is 2. The van der Waals surface area contributed by atoms with E-state index >= 15 is 0 Å². The lowest BCUT2D eigenvalue weighted by atomic mass is 10.1. The maximum atomic E-state index is 11.0. The fourth-order valence-corrected chi connectivity index (χ4v) is 1.36. The molecule has 0 aliphatic heterocycles. The topological polar surface area (TPSA) is 53.1 Å². The number of aromatic nitrogens is 1. The second-order valence-electron chi connectivity index (χ2n) is 3.00. The monoisotopic (exact) mass is 175 g/mol. The Kier molecular flexibility index (Phi) is 1.59. The first-order chi connectivity index (χ1) is 6.18. The zero-order valence-corrected chi connectivity index (χ0v) is 7.16. The van der Waals surface area contributed by atoms with Gasteiger partial charge in [-0.05, 0) is 30.5 Å². The standard InChI is InChI=1S/C10H9NO2/c1-6-8(12)4-2-7-3-5-9(13)11-10(6)7/h2-5,12H,1H3,(H,11,13). The average Bonchev–Trinajstić information content (AvgIpc) is 2.12. The van der Waals surface area contributed by atoms with Gasteiger partial charge in [-0.15, -0.1) is 0 Å². The molecule has 0 fully saturated rings. The molecule has 2 rings (SSSR count). The van der Waals surface area contributed by atoms with Crippen LogP contribution in [0.2, 0.25) is 0 Å². The number of phenols is 1. The molecule has 66 valence electrons. The van der Waals surface area contributed by atoms with E-state index in [1.54, 1.807) is 25.1 Å². The summed E-state index contributed by atoms with van der Waals surface area (Å²) >= 11 is 0. The van der Waals surface area contributed by atoms with Gasteiger partial charge in [0.1, 0.15) is 5.75 Å². The predicted octanol–water partition coefficient (Wildman–Crippen LogP) is 1.54. The van der Waals surface area contributed by atoms with Gasteiger partial charge in [-0.3, -0.25) is 4.79 Å². The van der Waals surface area contributed by atoms with Gasteiger partial charge in [0.25, 0.3) is 0 Å². The van der Waals surface area contributed by atoms with Gasteiger partial charge in [-0.25, -0.2) is 0 Å². The molecular weight excluding hydrogens is 166 g/mol. The molecule has 3 nitrogen and oxygen atoms in total. The molecule has 0 aliphatic rings. The smallest absolute Gasteiger partial charge is 0.248 e. The minimum Gasteiger partial charge on any atom is -0.508 e. The van der Waals surface area contributed by atoms with E-state index in [0.29, 0.717) is 11.1 Å². The number of aryl methyl sites for hydroxylation is 1. The molecule has 1 aromatic heterocycles. The minimum absolute atomic E-state index is 0.152. The summed E-state index contributed by atoms with van der Waals surface area (Å²) < 4.78 is 0. The Morgan fingerprint density at radius 1 is 1.23 bits per heavy atom. The van der Waals surface area contributed by atoms with Crippen molar-refractivity contribution in [1.82, 2.24) is 4.98 Å². The van der Waals surface area contributed by atoms with E-state index in [-0.39, 0.29) is 11.3 Å². The van der Waals surface area contributed by atoms with Crippen LogP contribution in [0.1, 0.15) is 5.56 Å². The molecule has 0 radical (unpaired) electrons. The SMILES string of the molecule is Cc1c(O)ccc2ccc(=O)[nH]c12. The normalized spacial score (nSPS) is 10.5. The van der Waals surface area contributed by atoms with Gasteiger partial charge in [0.15, 0.2) is 0 Å². The number of aromatic hydroxyl groups is 1. The molecule has 0 saturated heterocycles. The Hall–Kier alpha value is -1.77. The second-order valence-corrected chi connectivity index (χ2v) is 3.00. The molecule has 0 bridgehead atoms. The third-order valence-corrected chi connectivity index (χ3v) is 2.13. The van der Waals surface area contributed by atoms with Gasteiger partial charge in [0, 0.05) is 11.6 Å². The van der Waals surface area contributed by atoms with Crippen LogP contribution in [0.4, 0.5) is 0 Å². The number of rotatable bonds is 0. The molecule has 2 N–H and O–H groups in total. The average molecular weight is 175 g/mol. The quantitative estimate of drug-likeness (QED) is 0.638. The van der Waals surface area contributed by atoms with Crippen molar-refractivity contribution in [2.45, 2.75) is 6.92 Å². The van der Waals surface area contributed by atoms with Crippen molar-refractivity contribution >= 4 is 10.9 Å². The van der Waals surface area contributed by atoms with Crippen molar-refractivity contribution in [3.63, 3.8) is 0 Å². The summed E-state index contributed by atoms with van der Waals surface area (Å²) in [6, 6.07) is 6.60. The summed E-state index contributed by atoms with van der Waals surface area (Å²) in [5, 5.41) is 10.3. The highest BCUT2D eigenvalue weighted by Crippen LogP contribution is 2.22. The van der Waals surface area contributed by atoms with Crippen molar-refractivity contribution in [3.8, 4) is 5.75 Å². The van der Waals surface area contributed by atoms with Gasteiger partial charge in [0.2, 0.25) is 5.56 Å². The molecule has 2 aromatic rings. The molecule has 0 atom stereocenters. The van der Waals surface area contributed by atoms with E-state index in [9.17, 15) is 9.90 Å². The number of aromatic amines is 1. The summed E-state index contributed by atoms with van der Waals surface area (Å²) in [6.45, 7) is 1.77. The molecule has 0 amide bonds. The fourth-order valence-electron chi connectivity index (χ4n) is 1.36. The van der Waals surface area contributed by atoms with E-state index in [4.69, 9.17) is 0 Å². The lowest BCUT2D eigenvalue weighted by molar-refractivity contribution is 0.472. The van der Waals surface area contributed by atoms with E-state index < -0.39 is 0 Å². The predicted molar refractivity (Wildman–Crippen MR) is 51.0 cm³/mol. The molecule has 3 heteroatoms. The lowest BCUT2D eigenvalue weighted by Crippen LogP contribution is -2.03. The third-order valence-electron chi connectivity index (χ3n) is 2.13. The van der Waals surface area contributed by atoms with Crippen molar-refractivity contribution in [2.75, 3.05) is 0 Å². The molecule has 13 heavy (non-hydrogen) atoms. The van der Waals surface area contributed by atoms with Gasteiger partial charge in [-0.2, -0.15) is 0 Å². The Bertz CT molecular complexity index is 514. The first kappa shape index (κ1) is 7.86. The Morgan fingerprint density at radius 2 is 1.92 bits per heavy atom. The van der Waals surface area contributed by atoms with E-state index in [1.807, 2.05) is 0 Å². The van der Waals surface area contributed by atoms with Crippen LogP contribution in [0.5, 0.6) is 5.75 Å². The zero-order valence-electron chi connectivity index (χ0n) is 7.16. The summed E-state index contributed by atoms with van der Waals surface area (Å²) in [7, 11) is 0. The van der Waals surface area contributed by atoms with Gasteiger partial charge < -0.3 is 10.1 Å². The molecule has 1 heterocycles. The molecule has 0 saturated carbocycles. The maximum absolute atomic E-state index is 11.0. The van der Waals surface area contributed by atoms with Crippen LogP contribution in [0.15, 0.2) is 29.1 Å². The fraction of sp³-hybridized carbons (Fsp3) is 0.100.